The molecule has 4 aromatic rings. The van der Waals surface area contributed by atoms with Gasteiger partial charge in [-0.3, -0.25) is 40.5 Å². The van der Waals surface area contributed by atoms with Gasteiger partial charge in [-0.25, -0.2) is 0 Å². The van der Waals surface area contributed by atoms with Crippen molar-refractivity contribution in [1.29, 1.82) is 0 Å². The van der Waals surface area contributed by atoms with Crippen LogP contribution in [-0.2, 0) is 28.8 Å². The molecule has 36 nitrogen and oxygen atoms in total. The number of benzene rings is 4. The summed E-state index contributed by atoms with van der Waals surface area (Å²) in [5.41, 5.74) is 2.59. The average Bonchev–Trinajstić information content (AvgIpc) is 1.58. The van der Waals surface area contributed by atoms with Crippen LogP contribution >= 0.6 is 48.9 Å². The number of rotatable bonds is 22. The zero-order valence-electron chi connectivity index (χ0n) is 61.0. The second-order valence-corrected chi connectivity index (χ2v) is 26.3. The number of thiocarbonyl (C=S) groups is 4. The lowest BCUT2D eigenvalue weighted by Crippen LogP contribution is -2.35. The number of nitrogens with zero attached hydrogens (tertiary/aromatic N) is 12. The van der Waals surface area contributed by atoms with Gasteiger partial charge in [0.1, 0.15) is 67.4 Å². The first-order valence-electron chi connectivity index (χ1n) is 32.1. The van der Waals surface area contributed by atoms with Crippen molar-refractivity contribution in [3.05, 3.63) is 172 Å². The van der Waals surface area contributed by atoms with Crippen molar-refractivity contribution in [1.82, 2.24) is 39.2 Å². The molecular formula is C68H82N12O24S4-6. The zero-order valence-corrected chi connectivity index (χ0v) is 64.3. The number of aliphatic carboxylic acids is 6. The summed E-state index contributed by atoms with van der Waals surface area (Å²) in [7, 11) is 23.7. The van der Waals surface area contributed by atoms with Gasteiger partial charge in [-0.1, -0.05) is 48.9 Å². The lowest BCUT2D eigenvalue weighted by Gasteiger charge is -2.22. The van der Waals surface area contributed by atoms with Gasteiger partial charge in [0, 0.05) is 103 Å². The Bertz CT molecular complexity index is 3460. The molecule has 0 bridgehead atoms. The van der Waals surface area contributed by atoms with Crippen LogP contribution in [0.1, 0.15) is 47.9 Å². The van der Waals surface area contributed by atoms with Gasteiger partial charge in [0.05, 0.1) is 104 Å². The van der Waals surface area contributed by atoms with Crippen LogP contribution in [-0.4, -0.2) is 276 Å². The van der Waals surface area contributed by atoms with Crippen LogP contribution in [0, 0.1) is 40.5 Å². The van der Waals surface area contributed by atoms with Crippen LogP contribution in [0.3, 0.4) is 0 Å². The first-order chi connectivity index (χ1) is 50.4. The molecule has 4 unspecified atom stereocenters. The quantitative estimate of drug-likeness (QED) is 0.0385. The van der Waals surface area contributed by atoms with Crippen LogP contribution in [0.25, 0.3) is 0 Å². The summed E-state index contributed by atoms with van der Waals surface area (Å²) in [6.07, 6.45) is 5.84. The van der Waals surface area contributed by atoms with E-state index in [4.69, 9.17) is 67.8 Å². The summed E-state index contributed by atoms with van der Waals surface area (Å²) >= 11 is 21.7. The summed E-state index contributed by atoms with van der Waals surface area (Å²) in [6.45, 7) is 6.34. The van der Waals surface area contributed by atoms with Gasteiger partial charge in [0.15, 0.2) is 0 Å². The third kappa shape index (κ3) is 34.6. The molecule has 0 radical (unpaired) electrons. The van der Waals surface area contributed by atoms with Crippen LogP contribution in [0.2, 0.25) is 0 Å². The van der Waals surface area contributed by atoms with Crippen molar-refractivity contribution >= 4 is 127 Å². The molecular weight excluding hydrogens is 1500 g/mol. The maximum atomic E-state index is 10.9. The highest BCUT2D eigenvalue weighted by atomic mass is 32.1. The number of carbonyl (C=O) groups is 6. The number of ether oxygens (including phenoxy) is 4. The topological polar surface area (TPSA) is 476 Å². The van der Waals surface area contributed by atoms with E-state index in [1.54, 1.807) is 24.3 Å². The Labute approximate surface area is 643 Å². The van der Waals surface area contributed by atoms with E-state index < -0.39 is 55.5 Å². The Hall–Kier alpha value is -10.9. The predicted octanol–water partition coefficient (Wildman–Crippen LogP) is -1.21. The van der Waals surface area contributed by atoms with Crippen molar-refractivity contribution in [2.24, 2.45) is 0 Å². The molecule has 588 valence electrons. The first-order valence-corrected chi connectivity index (χ1v) is 33.8. The minimum Gasteiger partial charge on any atom is -0.545 e. The van der Waals surface area contributed by atoms with E-state index in [2.05, 4.69) is 19.6 Å². The van der Waals surface area contributed by atoms with Gasteiger partial charge in [0.2, 0.25) is 0 Å². The van der Waals surface area contributed by atoms with E-state index in [9.17, 15) is 99.9 Å². The van der Waals surface area contributed by atoms with Gasteiger partial charge in [-0.05, 0) is 143 Å². The van der Waals surface area contributed by atoms with E-state index in [1.165, 1.54) is 48.5 Å². The summed E-state index contributed by atoms with van der Waals surface area (Å²) in [5, 5.41) is 100. The monoisotopic (exact) mass is 1580 g/mol. The second-order valence-electron chi connectivity index (χ2n) is 24.7. The van der Waals surface area contributed by atoms with E-state index >= 15 is 0 Å². The van der Waals surface area contributed by atoms with Gasteiger partial charge >= 0.3 is 0 Å². The lowest BCUT2D eigenvalue weighted by atomic mass is 10.1. The molecule has 8 rings (SSSR count). The normalized spacial score (nSPS) is 16.3. The Balaban J connectivity index is 0.000000444. The molecule has 4 aliphatic heterocycles. The summed E-state index contributed by atoms with van der Waals surface area (Å²) in [5.74, 6) is -6.79. The largest absolute Gasteiger partial charge is 0.545 e. The second kappa shape index (κ2) is 46.3. The predicted molar refractivity (Wildman–Crippen MR) is 398 cm³/mol. The molecule has 0 aliphatic carbocycles. The molecule has 4 heterocycles. The third-order valence-corrected chi connectivity index (χ3v) is 16.9. The van der Waals surface area contributed by atoms with Gasteiger partial charge in [0.25, 0.3) is 22.7 Å². The number of carboxylic acids is 6. The molecule has 0 saturated heterocycles. The number of non-ortho nitro benzene ring substituents is 4. The Kier molecular flexibility index (Phi) is 39.9. The fourth-order valence-corrected chi connectivity index (χ4v) is 10.4. The van der Waals surface area contributed by atoms with Crippen LogP contribution < -0.4 is 49.6 Å². The molecule has 0 aromatic heterocycles. The smallest absolute Gasteiger partial charge is 0.270 e. The number of likely N-dealkylation sites (N-methyl/N-ethyl adjacent to an activating group) is 4. The van der Waals surface area contributed by atoms with E-state index in [0.717, 1.165) is 51.9 Å². The van der Waals surface area contributed by atoms with E-state index in [0.29, 0.717) is 128 Å². The number of carbonyl (C=O) groups excluding carboxylic acids is 6. The average molecular weight is 1580 g/mol. The zero-order chi connectivity index (χ0) is 82.0. The molecule has 4 aromatic carbocycles. The highest BCUT2D eigenvalue weighted by Crippen LogP contribution is 2.34. The number of nitro benzene ring substituents is 4. The molecule has 108 heavy (non-hydrogen) atoms. The van der Waals surface area contributed by atoms with Gasteiger partial charge in [-0.15, -0.1) is 0 Å². The molecule has 0 spiro atoms. The lowest BCUT2D eigenvalue weighted by molar-refractivity contribution is -0.385. The van der Waals surface area contributed by atoms with E-state index in [1.807, 2.05) is 104 Å². The van der Waals surface area contributed by atoms with Crippen molar-refractivity contribution in [3.63, 3.8) is 0 Å². The maximum absolute atomic E-state index is 10.9. The first kappa shape index (κ1) is 93.2. The Morgan fingerprint density at radius 2 is 0.509 bits per heavy atom. The minimum atomic E-state index is -1.55. The summed E-state index contributed by atoms with van der Waals surface area (Å²) in [6, 6.07) is 18.3. The summed E-state index contributed by atoms with van der Waals surface area (Å²) < 4.78 is 24.0. The van der Waals surface area contributed by atoms with Crippen molar-refractivity contribution in [2.75, 3.05) is 137 Å². The number of nitro groups is 4. The number of hydrogen-bond donors (Lipinski definition) is 0. The van der Waals surface area contributed by atoms with Crippen LogP contribution in [0.5, 0.6) is 23.0 Å². The number of fused-ring (bicyclic) bond motifs is 4. The van der Waals surface area contributed by atoms with E-state index in [-0.39, 0.29) is 47.2 Å². The van der Waals surface area contributed by atoms with Gasteiger partial charge < -0.3 is 118 Å². The molecule has 4 aliphatic rings. The molecule has 0 amide bonds. The van der Waals surface area contributed by atoms with Crippen LogP contribution in [0.4, 0.5) is 22.7 Å². The third-order valence-electron chi connectivity index (χ3n) is 14.7. The molecule has 4 atom stereocenters. The van der Waals surface area contributed by atoms with Crippen molar-refractivity contribution in [2.45, 2.75) is 50.1 Å². The highest BCUT2D eigenvalue weighted by molar-refractivity contribution is 7.81. The van der Waals surface area contributed by atoms with Gasteiger partial charge in [-0.2, -0.15) is 0 Å². The fourth-order valence-electron chi connectivity index (χ4n) is 9.47. The Morgan fingerprint density at radius 1 is 0.352 bits per heavy atom. The van der Waals surface area contributed by atoms with Crippen molar-refractivity contribution in [3.8, 4) is 23.0 Å². The summed E-state index contributed by atoms with van der Waals surface area (Å²) in [4.78, 5) is 117. The Morgan fingerprint density at radius 3 is 0.639 bits per heavy atom. The maximum Gasteiger partial charge on any atom is 0.270 e. The molecule has 0 N–H and O–H groups in total. The molecule has 40 heteroatoms. The fraction of sp³-hybridized carbons (Fsp3) is 0.412. The number of hydrogen-bond acceptors (Lipinski definition) is 32. The number of carboxylic acid groups (broad SMARTS) is 6. The van der Waals surface area contributed by atoms with Crippen LogP contribution in [0.15, 0.2) is 109 Å². The minimum absolute atomic E-state index is 0.0121. The van der Waals surface area contributed by atoms with Crippen molar-refractivity contribution < 1.29 is 98.0 Å². The SMILES string of the molecule is CN(C)CCC1CN(C)C(=S)c2cc([N+](=O)[O-])ccc2O1.CN(C)CCC1CN(C)C(=S)c2cc([N+](=O)[O-])ccc2O1.CN(C)CCC1CN(C)C(=S)c2cc([N+](=O)[O-])ccc2O1.CN(C)CCC1CN(C)C(=S)c2cc([N+](=O)[O-])ccc2O1.O=C([O-])/C=C/C(=O)[O-].O=C([O-])/C=C/C(=O)[O-].O=C([O-])/C=C/C(=O)[O-]. The molecule has 0 saturated carbocycles. The standard InChI is InChI=1S/4C14H19N3O3S.3C4H4O4/c4*1-15(2)7-6-11-9-16(3)14(21)12-8-10(17(18)19)4-5-13(12)20-11;3*5-3(6)1-2-4(7)8/h4*4-5,8,11H,6-7,9H2,1-3H3;3*1-2H,(H,5,6)(H,7,8)/p-6/b;;;;3*2-1+. The molecule has 0 fully saturated rings. The highest BCUT2D eigenvalue weighted by Gasteiger charge is 2.31.